The van der Waals surface area contributed by atoms with E-state index in [0.29, 0.717) is 18.7 Å². The Morgan fingerprint density at radius 3 is 2.38 bits per heavy atom. The SMILES string of the molecule is C[C@H]([C@@H](O)c1ccccc1)N(C)C[C@@H]1C[C@H](c2ccc(CO)cc2)O[C@H](c2cccc(N)c2)O1. The van der Waals surface area contributed by atoms with Crippen molar-refractivity contribution in [1.29, 1.82) is 0 Å². The second-order valence-corrected chi connectivity index (χ2v) is 9.06. The number of nitrogen functional groups attached to an aromatic ring is 1. The molecule has 0 aliphatic carbocycles. The molecule has 1 aliphatic heterocycles. The van der Waals surface area contributed by atoms with Crippen LogP contribution in [0.25, 0.3) is 0 Å². The third kappa shape index (κ3) is 5.84. The molecule has 0 amide bonds. The molecule has 3 aromatic rings. The predicted octanol–water partition coefficient (Wildman–Crippen LogP) is 4.36. The number of hydrogen-bond donors (Lipinski definition) is 3. The van der Waals surface area contributed by atoms with Crippen LogP contribution < -0.4 is 5.73 Å². The van der Waals surface area contributed by atoms with Gasteiger partial charge in [-0.15, -0.1) is 0 Å². The minimum atomic E-state index is -0.599. The summed E-state index contributed by atoms with van der Waals surface area (Å²) in [4.78, 5) is 2.13. The summed E-state index contributed by atoms with van der Waals surface area (Å²) in [5, 5.41) is 20.3. The predicted molar refractivity (Wildman–Crippen MR) is 133 cm³/mol. The molecule has 180 valence electrons. The number of aliphatic hydroxyl groups excluding tert-OH is 2. The molecular weight excluding hydrogens is 428 g/mol. The number of ether oxygens (including phenoxy) is 2. The first-order valence-electron chi connectivity index (χ1n) is 11.7. The van der Waals surface area contributed by atoms with Gasteiger partial charge in [0.1, 0.15) is 0 Å². The van der Waals surface area contributed by atoms with E-state index < -0.39 is 12.4 Å². The van der Waals surface area contributed by atoms with Crippen LogP contribution in [0.2, 0.25) is 0 Å². The van der Waals surface area contributed by atoms with E-state index in [-0.39, 0.29) is 24.9 Å². The van der Waals surface area contributed by atoms with Gasteiger partial charge in [-0.05, 0) is 42.8 Å². The summed E-state index contributed by atoms with van der Waals surface area (Å²) in [5.41, 5.74) is 10.4. The first-order valence-corrected chi connectivity index (χ1v) is 11.7. The van der Waals surface area contributed by atoms with Gasteiger partial charge in [0, 0.05) is 30.3 Å². The Labute approximate surface area is 201 Å². The average molecular weight is 463 g/mol. The largest absolute Gasteiger partial charge is 0.399 e. The Kier molecular flexibility index (Phi) is 7.98. The quantitative estimate of drug-likeness (QED) is 0.431. The molecule has 0 radical (unpaired) electrons. The molecule has 4 N–H and O–H groups in total. The molecule has 0 saturated carbocycles. The molecule has 1 saturated heterocycles. The van der Waals surface area contributed by atoms with E-state index >= 15 is 0 Å². The number of aliphatic hydroxyl groups is 2. The lowest BCUT2D eigenvalue weighted by molar-refractivity contribution is -0.253. The van der Waals surface area contributed by atoms with Gasteiger partial charge in [0.15, 0.2) is 6.29 Å². The zero-order chi connectivity index (χ0) is 24.1. The number of hydrogen-bond acceptors (Lipinski definition) is 6. The zero-order valence-electron chi connectivity index (χ0n) is 19.7. The first kappa shape index (κ1) is 24.4. The number of nitrogens with zero attached hydrogens (tertiary/aromatic N) is 1. The Morgan fingerprint density at radius 1 is 0.971 bits per heavy atom. The van der Waals surface area contributed by atoms with Crippen molar-refractivity contribution >= 4 is 5.69 Å². The van der Waals surface area contributed by atoms with Gasteiger partial charge in [-0.3, -0.25) is 4.90 Å². The highest BCUT2D eigenvalue weighted by Gasteiger charge is 2.34. The summed E-state index contributed by atoms with van der Waals surface area (Å²) in [6, 6.07) is 25.0. The summed E-state index contributed by atoms with van der Waals surface area (Å²) in [6.45, 7) is 2.67. The maximum Gasteiger partial charge on any atom is 0.185 e. The lowest BCUT2D eigenvalue weighted by atomic mass is 9.98. The summed E-state index contributed by atoms with van der Waals surface area (Å²) >= 11 is 0. The average Bonchev–Trinajstić information content (AvgIpc) is 2.88. The van der Waals surface area contributed by atoms with Crippen molar-refractivity contribution in [1.82, 2.24) is 4.90 Å². The van der Waals surface area contributed by atoms with Crippen LogP contribution in [0.1, 0.15) is 54.1 Å². The third-order valence-corrected chi connectivity index (χ3v) is 6.58. The topological polar surface area (TPSA) is 88.2 Å². The monoisotopic (exact) mass is 462 g/mol. The zero-order valence-corrected chi connectivity index (χ0v) is 19.7. The van der Waals surface area contributed by atoms with Crippen LogP contribution in [0.4, 0.5) is 5.69 Å². The highest BCUT2D eigenvalue weighted by atomic mass is 16.7. The fourth-order valence-corrected chi connectivity index (χ4v) is 4.40. The van der Waals surface area contributed by atoms with Crippen molar-refractivity contribution in [2.75, 3.05) is 19.3 Å². The Morgan fingerprint density at radius 2 is 1.71 bits per heavy atom. The molecule has 5 atom stereocenters. The van der Waals surface area contributed by atoms with Crippen LogP contribution in [0, 0.1) is 0 Å². The highest BCUT2D eigenvalue weighted by Crippen LogP contribution is 2.38. The van der Waals surface area contributed by atoms with Crippen molar-refractivity contribution < 1.29 is 19.7 Å². The highest BCUT2D eigenvalue weighted by molar-refractivity contribution is 5.41. The van der Waals surface area contributed by atoms with Gasteiger partial charge in [-0.1, -0.05) is 66.7 Å². The lowest BCUT2D eigenvalue weighted by Gasteiger charge is -2.39. The van der Waals surface area contributed by atoms with Gasteiger partial charge < -0.3 is 25.4 Å². The molecule has 34 heavy (non-hydrogen) atoms. The van der Waals surface area contributed by atoms with Gasteiger partial charge in [-0.25, -0.2) is 0 Å². The molecular formula is C28H34N2O4. The van der Waals surface area contributed by atoms with Crippen molar-refractivity contribution in [3.63, 3.8) is 0 Å². The molecule has 3 aromatic carbocycles. The molecule has 0 spiro atoms. The normalized spacial score (nSPS) is 22.4. The molecule has 6 nitrogen and oxygen atoms in total. The maximum absolute atomic E-state index is 10.9. The van der Waals surface area contributed by atoms with E-state index in [9.17, 15) is 10.2 Å². The van der Waals surface area contributed by atoms with E-state index in [1.165, 1.54) is 0 Å². The minimum absolute atomic E-state index is 0.00980. The maximum atomic E-state index is 10.9. The smallest absolute Gasteiger partial charge is 0.185 e. The van der Waals surface area contributed by atoms with E-state index in [4.69, 9.17) is 15.2 Å². The van der Waals surface area contributed by atoms with Crippen LogP contribution in [0.3, 0.4) is 0 Å². The standard InChI is InChI=1S/C28H34N2O4/c1-19(27(32)22-7-4-3-5-8-22)30(2)17-25-16-26(21-13-11-20(18-31)12-14-21)34-28(33-25)23-9-6-10-24(29)15-23/h3-15,19,25-28,31-32H,16-18,29H2,1-2H3/t19-,25+,26-,27-,28-/m1/s1. The fraction of sp³-hybridized carbons (Fsp3) is 0.357. The van der Waals surface area contributed by atoms with Crippen molar-refractivity contribution in [2.24, 2.45) is 0 Å². The molecule has 4 rings (SSSR count). The first-order chi connectivity index (χ1) is 16.4. The molecule has 1 aliphatic rings. The van der Waals surface area contributed by atoms with E-state index in [1.807, 2.05) is 92.8 Å². The van der Waals surface area contributed by atoms with Gasteiger partial charge >= 0.3 is 0 Å². The summed E-state index contributed by atoms with van der Waals surface area (Å²) in [6.07, 6.45) is -0.751. The Bertz CT molecular complexity index is 1040. The summed E-state index contributed by atoms with van der Waals surface area (Å²) in [7, 11) is 2.01. The summed E-state index contributed by atoms with van der Waals surface area (Å²) in [5.74, 6) is 0. The molecule has 1 fully saturated rings. The third-order valence-electron chi connectivity index (χ3n) is 6.58. The van der Waals surface area contributed by atoms with Gasteiger partial charge in [0.05, 0.1) is 24.9 Å². The van der Waals surface area contributed by atoms with Gasteiger partial charge in [0.2, 0.25) is 0 Å². The number of likely N-dealkylation sites (N-methyl/N-ethyl adjacent to an activating group) is 1. The number of benzene rings is 3. The lowest BCUT2D eigenvalue weighted by Crippen LogP contribution is -2.43. The minimum Gasteiger partial charge on any atom is -0.399 e. The summed E-state index contributed by atoms with van der Waals surface area (Å²) < 4.78 is 12.8. The molecule has 1 heterocycles. The van der Waals surface area contributed by atoms with E-state index in [0.717, 1.165) is 22.3 Å². The van der Waals surface area contributed by atoms with Gasteiger partial charge in [-0.2, -0.15) is 0 Å². The molecule has 0 aromatic heterocycles. The molecule has 6 heteroatoms. The second-order valence-electron chi connectivity index (χ2n) is 9.06. The Balaban J connectivity index is 1.52. The van der Waals surface area contributed by atoms with Crippen LogP contribution in [-0.2, 0) is 16.1 Å². The van der Waals surface area contributed by atoms with Crippen molar-refractivity contribution in [3.8, 4) is 0 Å². The van der Waals surface area contributed by atoms with Crippen LogP contribution >= 0.6 is 0 Å². The van der Waals surface area contributed by atoms with Crippen LogP contribution in [0.15, 0.2) is 78.9 Å². The molecule has 0 unspecified atom stereocenters. The van der Waals surface area contributed by atoms with E-state index in [2.05, 4.69) is 4.90 Å². The fourth-order valence-electron chi connectivity index (χ4n) is 4.40. The number of nitrogens with two attached hydrogens (primary N) is 1. The van der Waals surface area contributed by atoms with E-state index in [1.54, 1.807) is 0 Å². The van der Waals surface area contributed by atoms with Crippen LogP contribution in [0.5, 0.6) is 0 Å². The number of anilines is 1. The van der Waals surface area contributed by atoms with Crippen LogP contribution in [-0.4, -0.2) is 40.9 Å². The van der Waals surface area contributed by atoms with Crippen molar-refractivity contribution in [2.45, 2.75) is 50.6 Å². The Hall–Kier alpha value is -2.74. The second kappa shape index (κ2) is 11.1. The van der Waals surface area contributed by atoms with Crippen molar-refractivity contribution in [3.05, 3.63) is 101 Å². The van der Waals surface area contributed by atoms with Gasteiger partial charge in [0.25, 0.3) is 0 Å². The molecule has 0 bridgehead atoms. The number of rotatable bonds is 8.